The molecule has 0 heterocycles. The van der Waals surface area contributed by atoms with Crippen LogP contribution in [0.25, 0.3) is 0 Å². The summed E-state index contributed by atoms with van der Waals surface area (Å²) in [5.41, 5.74) is 1.15. The smallest absolute Gasteiger partial charge is 0.123 e. The SMILES string of the molecule is [2H]CNCCCc1ccc(F)cc1. The minimum absolute atomic E-state index is 0.187. The Balaban J connectivity index is 2.25. The zero-order chi connectivity index (χ0) is 9.52. The van der Waals surface area contributed by atoms with Crippen molar-refractivity contribution in [3.05, 3.63) is 35.6 Å². The van der Waals surface area contributed by atoms with Crippen molar-refractivity contribution in [1.29, 1.82) is 0 Å². The average molecular weight is 168 g/mol. The Kier molecular flexibility index (Phi) is 3.15. The van der Waals surface area contributed by atoms with Crippen LogP contribution in [0.15, 0.2) is 24.3 Å². The van der Waals surface area contributed by atoms with Crippen molar-refractivity contribution >= 4 is 0 Å². The highest BCUT2D eigenvalue weighted by Gasteiger charge is 1.92. The first-order valence-corrected chi connectivity index (χ1v) is 4.07. The number of rotatable bonds is 4. The number of halogens is 1. The first kappa shape index (κ1) is 7.74. The van der Waals surface area contributed by atoms with Crippen LogP contribution in [0, 0.1) is 5.82 Å². The fraction of sp³-hybridized carbons (Fsp3) is 0.400. The van der Waals surface area contributed by atoms with Gasteiger partial charge in [-0.1, -0.05) is 12.1 Å². The number of hydrogen-bond acceptors (Lipinski definition) is 1. The molecule has 0 spiro atoms. The molecule has 0 saturated carbocycles. The van der Waals surface area contributed by atoms with Crippen molar-refractivity contribution in [1.82, 2.24) is 5.32 Å². The van der Waals surface area contributed by atoms with Crippen LogP contribution in [0.1, 0.15) is 13.4 Å². The van der Waals surface area contributed by atoms with Gasteiger partial charge in [-0.15, -0.1) is 0 Å². The second-order valence-corrected chi connectivity index (χ2v) is 2.73. The van der Waals surface area contributed by atoms with E-state index in [4.69, 9.17) is 1.37 Å². The molecule has 1 N–H and O–H groups in total. The van der Waals surface area contributed by atoms with Crippen LogP contribution in [0.5, 0.6) is 0 Å². The van der Waals surface area contributed by atoms with Crippen molar-refractivity contribution in [2.45, 2.75) is 12.8 Å². The summed E-state index contributed by atoms with van der Waals surface area (Å²) in [6.07, 6.45) is 1.93. The second-order valence-electron chi connectivity index (χ2n) is 2.73. The van der Waals surface area contributed by atoms with Gasteiger partial charge in [0.05, 0.1) is 0 Å². The highest BCUT2D eigenvalue weighted by Crippen LogP contribution is 2.04. The Hall–Kier alpha value is -0.890. The normalized spacial score (nSPS) is 11.2. The molecule has 0 aliphatic carbocycles. The second kappa shape index (κ2) is 4.88. The quantitative estimate of drug-likeness (QED) is 0.678. The molecule has 0 aromatic heterocycles. The van der Waals surface area contributed by atoms with Crippen molar-refractivity contribution in [3.8, 4) is 0 Å². The molecule has 2 heteroatoms. The molecule has 1 aromatic rings. The summed E-state index contributed by atoms with van der Waals surface area (Å²) in [4.78, 5) is 0. The minimum atomic E-state index is -0.187. The zero-order valence-electron chi connectivity index (χ0n) is 8.02. The first-order chi connectivity index (χ1) is 6.33. The molecule has 0 amide bonds. The molecule has 0 saturated heterocycles. The maximum atomic E-state index is 12.5. The summed E-state index contributed by atoms with van der Waals surface area (Å²) >= 11 is 0. The minimum Gasteiger partial charge on any atom is -0.320 e. The van der Waals surface area contributed by atoms with Crippen molar-refractivity contribution in [2.75, 3.05) is 13.6 Å². The molecule has 0 aliphatic rings. The monoisotopic (exact) mass is 168 g/mol. The van der Waals surface area contributed by atoms with E-state index in [2.05, 4.69) is 5.32 Å². The molecule has 1 aromatic carbocycles. The van der Waals surface area contributed by atoms with Crippen LogP contribution in [-0.2, 0) is 6.42 Å². The molecule has 66 valence electrons. The van der Waals surface area contributed by atoms with E-state index in [1.807, 2.05) is 0 Å². The summed E-state index contributed by atoms with van der Waals surface area (Å²) in [5, 5.41) is 2.92. The van der Waals surface area contributed by atoms with E-state index in [0.717, 1.165) is 24.9 Å². The van der Waals surface area contributed by atoms with Gasteiger partial charge in [-0.3, -0.25) is 0 Å². The van der Waals surface area contributed by atoms with Crippen molar-refractivity contribution in [3.63, 3.8) is 0 Å². The van der Waals surface area contributed by atoms with Gasteiger partial charge < -0.3 is 5.32 Å². The van der Waals surface area contributed by atoms with E-state index >= 15 is 0 Å². The fourth-order valence-corrected chi connectivity index (χ4v) is 1.07. The lowest BCUT2D eigenvalue weighted by atomic mass is 10.1. The van der Waals surface area contributed by atoms with Gasteiger partial charge in [0.15, 0.2) is 0 Å². The molecular weight excluding hydrogens is 153 g/mol. The lowest BCUT2D eigenvalue weighted by molar-refractivity contribution is 0.626. The Morgan fingerprint density at radius 3 is 2.83 bits per heavy atom. The predicted octanol–water partition coefficient (Wildman–Crippen LogP) is 1.98. The Labute approximate surface area is 74.0 Å². The van der Waals surface area contributed by atoms with E-state index in [1.165, 1.54) is 12.1 Å². The summed E-state index contributed by atoms with van der Waals surface area (Å²) in [5.74, 6) is -0.187. The fourth-order valence-electron chi connectivity index (χ4n) is 1.07. The van der Waals surface area contributed by atoms with Crippen LogP contribution in [0.3, 0.4) is 0 Å². The standard InChI is InChI=1S/C10H14FN/c1-12-8-2-3-9-4-6-10(11)7-5-9/h4-7,12H,2-3,8H2,1H3/i1D. The molecular formula is C10H14FN. The first-order valence-electron chi connectivity index (χ1n) is 4.78. The molecule has 1 rings (SSSR count). The van der Waals surface area contributed by atoms with Crippen LogP contribution in [0.4, 0.5) is 4.39 Å². The van der Waals surface area contributed by atoms with Gasteiger partial charge in [0.2, 0.25) is 0 Å². The number of aryl methyl sites for hydroxylation is 1. The lowest BCUT2D eigenvalue weighted by Gasteiger charge is -2.00. The van der Waals surface area contributed by atoms with Gasteiger partial charge in [-0.05, 0) is 44.1 Å². The highest BCUT2D eigenvalue weighted by atomic mass is 19.1. The highest BCUT2D eigenvalue weighted by molar-refractivity contribution is 5.15. The van der Waals surface area contributed by atoms with E-state index in [9.17, 15) is 4.39 Å². The molecule has 12 heavy (non-hydrogen) atoms. The van der Waals surface area contributed by atoms with Crippen molar-refractivity contribution in [2.24, 2.45) is 0 Å². The van der Waals surface area contributed by atoms with Gasteiger partial charge in [0.25, 0.3) is 0 Å². The Morgan fingerprint density at radius 1 is 1.42 bits per heavy atom. The van der Waals surface area contributed by atoms with Gasteiger partial charge in [0, 0.05) is 1.37 Å². The molecule has 0 atom stereocenters. The molecule has 0 radical (unpaired) electrons. The van der Waals surface area contributed by atoms with E-state index in [1.54, 1.807) is 12.1 Å². The summed E-state index contributed by atoms with van der Waals surface area (Å²) in [7, 11) is 0.267. The molecule has 1 nitrogen and oxygen atoms in total. The summed E-state index contributed by atoms with van der Waals surface area (Å²) in [6, 6.07) is 6.56. The van der Waals surface area contributed by atoms with Crippen molar-refractivity contribution < 1.29 is 5.76 Å². The van der Waals surface area contributed by atoms with Gasteiger partial charge in [-0.2, -0.15) is 0 Å². The van der Waals surface area contributed by atoms with E-state index < -0.39 is 0 Å². The van der Waals surface area contributed by atoms with E-state index in [-0.39, 0.29) is 12.8 Å². The average Bonchev–Trinajstić information content (AvgIpc) is 2.15. The molecule has 0 unspecified atom stereocenters. The predicted molar refractivity (Wildman–Crippen MR) is 48.6 cm³/mol. The Morgan fingerprint density at radius 2 is 2.17 bits per heavy atom. The zero-order valence-corrected chi connectivity index (χ0v) is 7.02. The van der Waals surface area contributed by atoms with Gasteiger partial charge in [-0.25, -0.2) is 4.39 Å². The lowest BCUT2D eigenvalue weighted by Crippen LogP contribution is -2.08. The van der Waals surface area contributed by atoms with Crippen LogP contribution in [-0.4, -0.2) is 13.6 Å². The van der Waals surface area contributed by atoms with Crippen LogP contribution >= 0.6 is 0 Å². The number of benzene rings is 1. The largest absolute Gasteiger partial charge is 0.320 e. The maximum absolute atomic E-state index is 12.5. The number of nitrogens with one attached hydrogen (secondary N) is 1. The van der Waals surface area contributed by atoms with Crippen LogP contribution in [0.2, 0.25) is 0 Å². The molecule has 0 bridgehead atoms. The van der Waals surface area contributed by atoms with Gasteiger partial charge in [0.1, 0.15) is 5.82 Å². The van der Waals surface area contributed by atoms with Gasteiger partial charge >= 0.3 is 0 Å². The summed E-state index contributed by atoms with van der Waals surface area (Å²) in [6.45, 7) is 0.848. The third-order valence-corrected chi connectivity index (χ3v) is 1.73. The third-order valence-electron chi connectivity index (χ3n) is 1.73. The maximum Gasteiger partial charge on any atom is 0.123 e. The topological polar surface area (TPSA) is 12.0 Å². The molecule has 0 aliphatic heterocycles. The third kappa shape index (κ3) is 3.01. The van der Waals surface area contributed by atoms with E-state index in [0.29, 0.717) is 0 Å². The number of hydrogen-bond donors (Lipinski definition) is 1. The summed E-state index contributed by atoms with van der Waals surface area (Å²) < 4.78 is 19.3. The molecule has 0 fully saturated rings. The van der Waals surface area contributed by atoms with Crippen LogP contribution < -0.4 is 5.32 Å². The Bertz CT molecular complexity index is 235.